The topological polar surface area (TPSA) is 43.0 Å². The third kappa shape index (κ3) is 3.47. The first-order valence-corrected chi connectivity index (χ1v) is 6.41. The van der Waals surface area contributed by atoms with Crippen LogP contribution in [-0.4, -0.2) is 16.3 Å². The van der Waals surface area contributed by atoms with Crippen LogP contribution in [0.25, 0.3) is 0 Å². The van der Waals surface area contributed by atoms with E-state index in [1.807, 2.05) is 29.9 Å². The fraction of sp³-hybridized carbons (Fsp3) is 0.500. The van der Waals surface area contributed by atoms with Crippen LogP contribution in [0, 0.1) is 12.8 Å². The summed E-state index contributed by atoms with van der Waals surface area (Å²) in [5.41, 5.74) is 2.23. The zero-order valence-corrected chi connectivity index (χ0v) is 11.3. The molecule has 0 aliphatic heterocycles. The van der Waals surface area contributed by atoms with Crippen molar-refractivity contribution in [3.8, 4) is 0 Å². The average molecular weight is 247 g/mol. The molecule has 0 radical (unpaired) electrons. The molecule has 0 spiro atoms. The molecule has 4 heteroatoms. The summed E-state index contributed by atoms with van der Waals surface area (Å²) in [6.45, 7) is 8.94. The maximum Gasteiger partial charge on any atom is 0.122 e. The van der Waals surface area contributed by atoms with Crippen molar-refractivity contribution >= 4 is 0 Å². The van der Waals surface area contributed by atoms with E-state index in [9.17, 15) is 0 Å². The first kappa shape index (κ1) is 12.9. The maximum atomic E-state index is 5.52. The van der Waals surface area contributed by atoms with Gasteiger partial charge in [0.2, 0.25) is 0 Å². The maximum absolute atomic E-state index is 5.52. The number of hydrogen-bond donors (Lipinski definition) is 1. The number of hydrogen-bond acceptors (Lipinski definition) is 3. The Morgan fingerprint density at radius 1 is 1.39 bits per heavy atom. The molecule has 0 atom stereocenters. The standard InChI is InChI=1S/C14H21N3O/c1-11(2)8-15-9-14-13(5-7-18-14)10-17-6-4-12(3)16-17/h4-7,11,15H,8-10H2,1-3H3. The monoisotopic (exact) mass is 247 g/mol. The van der Waals surface area contributed by atoms with Gasteiger partial charge in [-0.2, -0.15) is 5.10 Å². The van der Waals surface area contributed by atoms with Gasteiger partial charge in [-0.3, -0.25) is 4.68 Å². The number of aryl methyl sites for hydroxylation is 1. The van der Waals surface area contributed by atoms with Crippen molar-refractivity contribution in [3.63, 3.8) is 0 Å². The highest BCUT2D eigenvalue weighted by atomic mass is 16.3. The lowest BCUT2D eigenvalue weighted by Crippen LogP contribution is -2.19. The van der Waals surface area contributed by atoms with Crippen LogP contribution >= 0.6 is 0 Å². The summed E-state index contributed by atoms with van der Waals surface area (Å²) in [7, 11) is 0. The van der Waals surface area contributed by atoms with Crippen LogP contribution in [0.3, 0.4) is 0 Å². The molecule has 0 saturated carbocycles. The molecule has 2 aromatic heterocycles. The van der Waals surface area contributed by atoms with Gasteiger partial charge in [0.15, 0.2) is 0 Å². The Bertz CT molecular complexity index is 485. The van der Waals surface area contributed by atoms with Gasteiger partial charge in [-0.1, -0.05) is 13.8 Å². The molecule has 18 heavy (non-hydrogen) atoms. The van der Waals surface area contributed by atoms with Gasteiger partial charge in [0, 0.05) is 11.8 Å². The van der Waals surface area contributed by atoms with Crippen LogP contribution in [0.1, 0.15) is 30.9 Å². The second-order valence-corrected chi connectivity index (χ2v) is 5.05. The zero-order valence-electron chi connectivity index (χ0n) is 11.3. The van der Waals surface area contributed by atoms with Crippen molar-refractivity contribution < 1.29 is 4.42 Å². The van der Waals surface area contributed by atoms with E-state index in [0.717, 1.165) is 31.1 Å². The van der Waals surface area contributed by atoms with Crippen molar-refractivity contribution in [1.82, 2.24) is 15.1 Å². The molecule has 2 rings (SSSR count). The third-order valence-corrected chi connectivity index (χ3v) is 2.78. The Balaban J connectivity index is 1.95. The molecule has 4 nitrogen and oxygen atoms in total. The van der Waals surface area contributed by atoms with E-state index in [0.29, 0.717) is 5.92 Å². The van der Waals surface area contributed by atoms with Crippen molar-refractivity contribution in [1.29, 1.82) is 0 Å². The van der Waals surface area contributed by atoms with E-state index in [1.54, 1.807) is 6.26 Å². The van der Waals surface area contributed by atoms with Gasteiger partial charge in [0.05, 0.1) is 25.0 Å². The van der Waals surface area contributed by atoms with Crippen LogP contribution < -0.4 is 5.32 Å². The van der Waals surface area contributed by atoms with Crippen LogP contribution in [0.4, 0.5) is 0 Å². The molecule has 98 valence electrons. The molecule has 0 fully saturated rings. The van der Waals surface area contributed by atoms with Crippen LogP contribution in [0.2, 0.25) is 0 Å². The second kappa shape index (κ2) is 5.87. The number of nitrogens with one attached hydrogen (secondary N) is 1. The third-order valence-electron chi connectivity index (χ3n) is 2.78. The minimum atomic E-state index is 0.650. The van der Waals surface area contributed by atoms with Crippen molar-refractivity contribution in [2.45, 2.75) is 33.9 Å². The van der Waals surface area contributed by atoms with Crippen LogP contribution in [0.5, 0.6) is 0 Å². The summed E-state index contributed by atoms with van der Waals surface area (Å²) in [5, 5.41) is 7.78. The second-order valence-electron chi connectivity index (χ2n) is 5.05. The highest BCUT2D eigenvalue weighted by Crippen LogP contribution is 2.12. The van der Waals surface area contributed by atoms with E-state index >= 15 is 0 Å². The fourth-order valence-electron chi connectivity index (χ4n) is 1.86. The molecule has 2 aromatic rings. The van der Waals surface area contributed by atoms with Gasteiger partial charge in [-0.15, -0.1) is 0 Å². The Kier molecular flexibility index (Phi) is 4.20. The summed E-state index contributed by atoms with van der Waals surface area (Å²) in [5.74, 6) is 1.65. The minimum Gasteiger partial charge on any atom is -0.468 e. The van der Waals surface area contributed by atoms with Crippen LogP contribution in [0.15, 0.2) is 29.0 Å². The van der Waals surface area contributed by atoms with E-state index in [2.05, 4.69) is 24.3 Å². The quantitative estimate of drug-likeness (QED) is 0.853. The summed E-state index contributed by atoms with van der Waals surface area (Å²) in [6, 6.07) is 4.03. The highest BCUT2D eigenvalue weighted by molar-refractivity contribution is 5.17. The van der Waals surface area contributed by atoms with Gasteiger partial charge in [-0.25, -0.2) is 0 Å². The Morgan fingerprint density at radius 3 is 2.89 bits per heavy atom. The van der Waals surface area contributed by atoms with Gasteiger partial charge in [0.25, 0.3) is 0 Å². The zero-order chi connectivity index (χ0) is 13.0. The molecule has 0 bridgehead atoms. The summed E-state index contributed by atoms with van der Waals surface area (Å²) >= 11 is 0. The van der Waals surface area contributed by atoms with Crippen molar-refractivity contribution in [2.24, 2.45) is 5.92 Å². The van der Waals surface area contributed by atoms with Crippen LogP contribution in [-0.2, 0) is 13.1 Å². The number of aromatic nitrogens is 2. The van der Waals surface area contributed by atoms with Crippen molar-refractivity contribution in [3.05, 3.63) is 41.6 Å². The summed E-state index contributed by atoms with van der Waals surface area (Å²) < 4.78 is 7.46. The van der Waals surface area contributed by atoms with E-state index < -0.39 is 0 Å². The van der Waals surface area contributed by atoms with Gasteiger partial charge >= 0.3 is 0 Å². The molecule has 0 aromatic carbocycles. The largest absolute Gasteiger partial charge is 0.468 e. The Morgan fingerprint density at radius 2 is 2.22 bits per heavy atom. The molecule has 0 unspecified atom stereocenters. The number of furan rings is 1. The molecular formula is C14H21N3O. The first-order chi connectivity index (χ1) is 8.65. The lowest BCUT2D eigenvalue weighted by atomic mass is 10.2. The molecule has 0 aliphatic carbocycles. The predicted molar refractivity (Wildman–Crippen MR) is 71.3 cm³/mol. The molecular weight excluding hydrogens is 226 g/mol. The lowest BCUT2D eigenvalue weighted by Gasteiger charge is -2.07. The van der Waals surface area contributed by atoms with E-state index in [4.69, 9.17) is 4.42 Å². The normalized spacial score (nSPS) is 11.3. The molecule has 2 heterocycles. The lowest BCUT2D eigenvalue weighted by molar-refractivity contribution is 0.458. The highest BCUT2D eigenvalue weighted by Gasteiger charge is 2.07. The number of rotatable bonds is 6. The predicted octanol–water partition coefficient (Wildman–Crippen LogP) is 2.58. The molecule has 0 saturated heterocycles. The SMILES string of the molecule is Cc1ccn(Cc2ccoc2CNCC(C)C)n1. The fourth-order valence-corrected chi connectivity index (χ4v) is 1.86. The van der Waals surface area contributed by atoms with Crippen molar-refractivity contribution in [2.75, 3.05) is 6.54 Å². The molecule has 0 amide bonds. The number of nitrogens with zero attached hydrogens (tertiary/aromatic N) is 2. The van der Waals surface area contributed by atoms with E-state index in [-0.39, 0.29) is 0 Å². The summed E-state index contributed by atoms with van der Waals surface area (Å²) in [6.07, 6.45) is 3.74. The Hall–Kier alpha value is -1.55. The van der Waals surface area contributed by atoms with E-state index in [1.165, 1.54) is 5.56 Å². The first-order valence-electron chi connectivity index (χ1n) is 6.41. The minimum absolute atomic E-state index is 0.650. The smallest absolute Gasteiger partial charge is 0.122 e. The van der Waals surface area contributed by atoms with Gasteiger partial charge in [-0.05, 0) is 31.5 Å². The molecule has 0 aliphatic rings. The van der Waals surface area contributed by atoms with Gasteiger partial charge in [0.1, 0.15) is 5.76 Å². The summed E-state index contributed by atoms with van der Waals surface area (Å²) in [4.78, 5) is 0. The van der Waals surface area contributed by atoms with Gasteiger partial charge < -0.3 is 9.73 Å². The average Bonchev–Trinajstić information content (AvgIpc) is 2.89. The Labute approximate surface area is 108 Å². The molecule has 1 N–H and O–H groups in total.